The Kier molecular flexibility index (Phi) is 3.09. The molecule has 0 unspecified atom stereocenters. The van der Waals surface area contributed by atoms with Gasteiger partial charge in [-0.25, -0.2) is 0 Å². The van der Waals surface area contributed by atoms with Crippen LogP contribution in [0.1, 0.15) is 16.7 Å². The maximum atomic E-state index is 8.68. The van der Waals surface area contributed by atoms with Gasteiger partial charge in [-0.05, 0) is 30.7 Å². The minimum Gasteiger partial charge on any atom is -0.320 e. The highest BCUT2D eigenvalue weighted by Gasteiger charge is 1.95. The van der Waals surface area contributed by atoms with Gasteiger partial charge in [0.15, 0.2) is 0 Å². The molecule has 2 N–H and O–H groups in total. The van der Waals surface area contributed by atoms with Crippen molar-refractivity contribution in [3.8, 4) is 17.9 Å². The standard InChI is InChI=1S/C11H10N2/c1-9-7-10(3-2-6-12)4-5-11(9)8-13/h4-5,7H,6,12H2,1H3. The van der Waals surface area contributed by atoms with Gasteiger partial charge in [-0.2, -0.15) is 5.26 Å². The Bertz CT molecular complexity index is 402. The van der Waals surface area contributed by atoms with Crippen LogP contribution in [0.3, 0.4) is 0 Å². The Hall–Kier alpha value is -1.77. The van der Waals surface area contributed by atoms with Gasteiger partial charge in [0.05, 0.1) is 18.2 Å². The molecular weight excluding hydrogens is 160 g/mol. The molecule has 0 aliphatic heterocycles. The highest BCUT2D eigenvalue weighted by atomic mass is 14.5. The summed E-state index contributed by atoms with van der Waals surface area (Å²) in [7, 11) is 0. The molecule has 0 aliphatic carbocycles. The zero-order valence-corrected chi connectivity index (χ0v) is 7.46. The Labute approximate surface area is 78.0 Å². The van der Waals surface area contributed by atoms with E-state index in [-0.39, 0.29) is 0 Å². The molecule has 1 aromatic rings. The molecule has 0 bridgehead atoms. The summed E-state index contributed by atoms with van der Waals surface area (Å²) in [4.78, 5) is 0. The number of aryl methyl sites for hydroxylation is 1. The summed E-state index contributed by atoms with van der Waals surface area (Å²) in [5.41, 5.74) is 7.79. The quantitative estimate of drug-likeness (QED) is 0.594. The minimum atomic E-state index is 0.360. The normalized spacial score (nSPS) is 8.38. The molecule has 0 heterocycles. The van der Waals surface area contributed by atoms with Gasteiger partial charge in [0.25, 0.3) is 0 Å². The van der Waals surface area contributed by atoms with Crippen molar-refractivity contribution >= 4 is 0 Å². The highest BCUT2D eigenvalue weighted by molar-refractivity contribution is 5.45. The van der Waals surface area contributed by atoms with Crippen LogP contribution < -0.4 is 5.73 Å². The molecular formula is C11H10N2. The van der Waals surface area contributed by atoms with Crippen LogP contribution in [0.4, 0.5) is 0 Å². The van der Waals surface area contributed by atoms with E-state index in [0.717, 1.165) is 11.1 Å². The first-order chi connectivity index (χ1) is 6.27. The molecule has 2 heteroatoms. The van der Waals surface area contributed by atoms with Crippen molar-refractivity contribution in [3.05, 3.63) is 34.9 Å². The fraction of sp³-hybridized carbons (Fsp3) is 0.182. The van der Waals surface area contributed by atoms with Crippen LogP contribution >= 0.6 is 0 Å². The van der Waals surface area contributed by atoms with Crippen LogP contribution in [0.15, 0.2) is 18.2 Å². The first-order valence-electron chi connectivity index (χ1n) is 3.97. The molecule has 0 aromatic heterocycles. The van der Waals surface area contributed by atoms with Crippen LogP contribution in [0.5, 0.6) is 0 Å². The number of hydrogen-bond acceptors (Lipinski definition) is 2. The maximum absolute atomic E-state index is 8.68. The van der Waals surface area contributed by atoms with Crippen molar-refractivity contribution < 1.29 is 0 Å². The van der Waals surface area contributed by atoms with Gasteiger partial charge in [-0.1, -0.05) is 11.8 Å². The monoisotopic (exact) mass is 170 g/mol. The average Bonchev–Trinajstić information content (AvgIpc) is 2.15. The average molecular weight is 170 g/mol. The maximum Gasteiger partial charge on any atom is 0.0994 e. The number of nitrogens with zero attached hydrogens (tertiary/aromatic N) is 1. The lowest BCUT2D eigenvalue weighted by Crippen LogP contribution is -1.93. The summed E-state index contributed by atoms with van der Waals surface area (Å²) >= 11 is 0. The zero-order chi connectivity index (χ0) is 9.68. The number of benzene rings is 1. The summed E-state index contributed by atoms with van der Waals surface area (Å²) < 4.78 is 0. The molecule has 0 saturated carbocycles. The lowest BCUT2D eigenvalue weighted by molar-refractivity contribution is 1.30. The van der Waals surface area contributed by atoms with E-state index in [9.17, 15) is 0 Å². The van der Waals surface area contributed by atoms with E-state index < -0.39 is 0 Å². The SMILES string of the molecule is Cc1cc(C#CCN)ccc1C#N. The fourth-order valence-electron chi connectivity index (χ4n) is 1.02. The van der Waals surface area contributed by atoms with Crippen molar-refractivity contribution in [2.75, 3.05) is 6.54 Å². The van der Waals surface area contributed by atoms with Gasteiger partial charge in [0.2, 0.25) is 0 Å². The van der Waals surface area contributed by atoms with Crippen LogP contribution in [-0.4, -0.2) is 6.54 Å². The lowest BCUT2D eigenvalue weighted by atomic mass is 10.1. The van der Waals surface area contributed by atoms with Crippen molar-refractivity contribution in [3.63, 3.8) is 0 Å². The third-order valence-electron chi connectivity index (χ3n) is 1.68. The van der Waals surface area contributed by atoms with Gasteiger partial charge in [0, 0.05) is 5.56 Å². The van der Waals surface area contributed by atoms with E-state index in [1.807, 2.05) is 19.1 Å². The largest absolute Gasteiger partial charge is 0.320 e. The zero-order valence-electron chi connectivity index (χ0n) is 7.46. The van der Waals surface area contributed by atoms with E-state index in [0.29, 0.717) is 12.1 Å². The van der Waals surface area contributed by atoms with Crippen molar-refractivity contribution in [1.29, 1.82) is 5.26 Å². The summed E-state index contributed by atoms with van der Waals surface area (Å²) in [6, 6.07) is 7.60. The third kappa shape index (κ3) is 2.33. The molecule has 0 radical (unpaired) electrons. The van der Waals surface area contributed by atoms with E-state index in [4.69, 9.17) is 11.0 Å². The summed E-state index contributed by atoms with van der Waals surface area (Å²) in [6.07, 6.45) is 0. The van der Waals surface area contributed by atoms with Crippen molar-refractivity contribution in [2.45, 2.75) is 6.92 Å². The fourth-order valence-corrected chi connectivity index (χ4v) is 1.02. The molecule has 0 fully saturated rings. The number of hydrogen-bond donors (Lipinski definition) is 1. The Balaban J connectivity index is 3.04. The predicted molar refractivity (Wildman–Crippen MR) is 51.8 cm³/mol. The van der Waals surface area contributed by atoms with Gasteiger partial charge < -0.3 is 5.73 Å². The van der Waals surface area contributed by atoms with E-state index in [2.05, 4.69) is 17.9 Å². The Morgan fingerprint density at radius 3 is 2.77 bits per heavy atom. The number of rotatable bonds is 0. The summed E-state index contributed by atoms with van der Waals surface area (Å²) in [6.45, 7) is 2.26. The van der Waals surface area contributed by atoms with Crippen molar-refractivity contribution in [1.82, 2.24) is 0 Å². The van der Waals surface area contributed by atoms with Crippen LogP contribution in [0.25, 0.3) is 0 Å². The molecule has 0 amide bonds. The van der Waals surface area contributed by atoms with Gasteiger partial charge in [-0.3, -0.25) is 0 Å². The minimum absolute atomic E-state index is 0.360. The molecule has 0 saturated heterocycles. The second-order valence-electron chi connectivity index (χ2n) is 2.65. The molecule has 13 heavy (non-hydrogen) atoms. The summed E-state index contributed by atoms with van der Waals surface area (Å²) in [5, 5.41) is 8.68. The van der Waals surface area contributed by atoms with Gasteiger partial charge >= 0.3 is 0 Å². The topological polar surface area (TPSA) is 49.8 Å². The molecule has 1 rings (SSSR count). The van der Waals surface area contributed by atoms with E-state index in [1.165, 1.54) is 0 Å². The highest BCUT2D eigenvalue weighted by Crippen LogP contribution is 2.08. The number of nitrogens with two attached hydrogens (primary N) is 1. The number of nitriles is 1. The lowest BCUT2D eigenvalue weighted by Gasteiger charge is -1.96. The molecule has 0 atom stereocenters. The van der Waals surface area contributed by atoms with E-state index in [1.54, 1.807) is 6.07 Å². The van der Waals surface area contributed by atoms with Gasteiger partial charge in [0.1, 0.15) is 0 Å². The van der Waals surface area contributed by atoms with Crippen LogP contribution in [-0.2, 0) is 0 Å². The van der Waals surface area contributed by atoms with E-state index >= 15 is 0 Å². The first kappa shape index (κ1) is 9.32. The van der Waals surface area contributed by atoms with Crippen LogP contribution in [0, 0.1) is 30.1 Å². The molecule has 1 aromatic carbocycles. The smallest absolute Gasteiger partial charge is 0.0994 e. The van der Waals surface area contributed by atoms with Gasteiger partial charge in [-0.15, -0.1) is 0 Å². The second kappa shape index (κ2) is 4.30. The predicted octanol–water partition coefficient (Wildman–Crippen LogP) is 1.18. The van der Waals surface area contributed by atoms with Crippen molar-refractivity contribution in [2.24, 2.45) is 5.73 Å². The Morgan fingerprint density at radius 2 is 2.23 bits per heavy atom. The second-order valence-corrected chi connectivity index (χ2v) is 2.65. The molecule has 64 valence electrons. The Morgan fingerprint density at radius 1 is 1.46 bits per heavy atom. The molecule has 0 spiro atoms. The first-order valence-corrected chi connectivity index (χ1v) is 3.97. The van der Waals surface area contributed by atoms with Crippen LogP contribution in [0.2, 0.25) is 0 Å². The molecule has 2 nitrogen and oxygen atoms in total. The summed E-state index contributed by atoms with van der Waals surface area (Å²) in [5.74, 6) is 5.68. The molecule has 0 aliphatic rings. The third-order valence-corrected chi connectivity index (χ3v) is 1.68.